The number of hydrogen-bond donors (Lipinski definition) is 1. The molecule has 1 heterocycles. The molecule has 0 unspecified atom stereocenters. The van der Waals surface area contributed by atoms with Crippen LogP contribution < -0.4 is 0 Å². The molecular weight excluding hydrogens is 210 g/mol. The van der Waals surface area contributed by atoms with Crippen molar-refractivity contribution in [1.82, 2.24) is 4.98 Å². The molecule has 2 aromatic rings. The van der Waals surface area contributed by atoms with Crippen LogP contribution in [-0.2, 0) is 12.8 Å². The lowest BCUT2D eigenvalue weighted by molar-refractivity contribution is 0.467. The van der Waals surface area contributed by atoms with Gasteiger partial charge >= 0.3 is 0 Å². The van der Waals surface area contributed by atoms with Crippen molar-refractivity contribution in [2.75, 3.05) is 0 Å². The number of pyridine rings is 1. The summed E-state index contributed by atoms with van der Waals surface area (Å²) in [4.78, 5) is 4.29. The molecule has 88 valence electrons. The lowest BCUT2D eigenvalue weighted by Gasteiger charge is -2.05. The summed E-state index contributed by atoms with van der Waals surface area (Å²) in [6, 6.07) is 11.7. The van der Waals surface area contributed by atoms with Crippen LogP contribution in [0.5, 0.6) is 5.75 Å². The van der Waals surface area contributed by atoms with Gasteiger partial charge in [0.1, 0.15) is 5.75 Å². The highest BCUT2D eigenvalue weighted by Gasteiger charge is 2.01. The fraction of sp³-hybridized carbons (Fsp3) is 0.267. The summed E-state index contributed by atoms with van der Waals surface area (Å²) in [6.07, 6.45) is 4.67. The predicted molar refractivity (Wildman–Crippen MR) is 69.1 cm³/mol. The lowest BCUT2D eigenvalue weighted by Crippen LogP contribution is -1.93. The van der Waals surface area contributed by atoms with Crippen LogP contribution in [0.4, 0.5) is 0 Å². The van der Waals surface area contributed by atoms with E-state index in [0.29, 0.717) is 5.75 Å². The minimum absolute atomic E-state index is 0.400. The molecule has 0 aliphatic carbocycles. The molecule has 0 fully saturated rings. The highest BCUT2D eigenvalue weighted by molar-refractivity contribution is 5.35. The summed E-state index contributed by atoms with van der Waals surface area (Å²) in [5.41, 5.74) is 3.33. The topological polar surface area (TPSA) is 33.1 Å². The van der Waals surface area contributed by atoms with Crippen LogP contribution in [0.15, 0.2) is 42.6 Å². The van der Waals surface area contributed by atoms with Gasteiger partial charge in [-0.05, 0) is 49.9 Å². The summed E-state index contributed by atoms with van der Waals surface area (Å²) in [7, 11) is 0. The monoisotopic (exact) mass is 227 g/mol. The van der Waals surface area contributed by atoms with Gasteiger partial charge in [-0.15, -0.1) is 0 Å². The SMILES string of the molecule is Cc1ccc(O)c(CCCc2ccccn2)c1. The molecule has 17 heavy (non-hydrogen) atoms. The normalized spacial score (nSPS) is 10.4. The Morgan fingerprint density at radius 2 is 2.00 bits per heavy atom. The van der Waals surface area contributed by atoms with Gasteiger partial charge in [0.2, 0.25) is 0 Å². The molecule has 1 aromatic heterocycles. The summed E-state index contributed by atoms with van der Waals surface area (Å²) in [5.74, 6) is 0.400. The third-order valence-electron chi connectivity index (χ3n) is 2.84. The minimum atomic E-state index is 0.400. The van der Waals surface area contributed by atoms with Crippen LogP contribution >= 0.6 is 0 Å². The molecule has 2 rings (SSSR count). The third kappa shape index (κ3) is 3.31. The number of benzene rings is 1. The minimum Gasteiger partial charge on any atom is -0.508 e. The molecule has 0 saturated carbocycles. The van der Waals surface area contributed by atoms with E-state index in [4.69, 9.17) is 0 Å². The number of phenolic OH excluding ortho intramolecular Hbond substituents is 1. The van der Waals surface area contributed by atoms with E-state index in [-0.39, 0.29) is 0 Å². The second-order valence-corrected chi connectivity index (χ2v) is 4.31. The smallest absolute Gasteiger partial charge is 0.118 e. The molecule has 0 aliphatic heterocycles. The summed E-state index contributed by atoms with van der Waals surface area (Å²) < 4.78 is 0. The van der Waals surface area contributed by atoms with Crippen molar-refractivity contribution < 1.29 is 5.11 Å². The highest BCUT2D eigenvalue weighted by atomic mass is 16.3. The zero-order valence-corrected chi connectivity index (χ0v) is 10.1. The average molecular weight is 227 g/mol. The first-order valence-corrected chi connectivity index (χ1v) is 5.94. The molecular formula is C15H17NO. The van der Waals surface area contributed by atoms with Crippen molar-refractivity contribution in [3.8, 4) is 5.75 Å². The maximum atomic E-state index is 9.72. The Morgan fingerprint density at radius 3 is 2.76 bits per heavy atom. The Hall–Kier alpha value is -1.83. The molecule has 0 amide bonds. The predicted octanol–water partition coefficient (Wildman–Crippen LogP) is 3.27. The zero-order valence-electron chi connectivity index (χ0n) is 10.1. The molecule has 2 heteroatoms. The van der Waals surface area contributed by atoms with Gasteiger partial charge in [0, 0.05) is 11.9 Å². The van der Waals surface area contributed by atoms with E-state index < -0.39 is 0 Å². The standard InChI is InChI=1S/C15H17NO/c1-12-8-9-15(17)13(11-12)5-4-7-14-6-2-3-10-16-14/h2-3,6,8-11,17H,4-5,7H2,1H3. The number of nitrogens with zero attached hydrogens (tertiary/aromatic N) is 1. The second-order valence-electron chi connectivity index (χ2n) is 4.31. The maximum Gasteiger partial charge on any atom is 0.118 e. The van der Waals surface area contributed by atoms with Crippen molar-refractivity contribution in [2.24, 2.45) is 0 Å². The average Bonchev–Trinajstić information content (AvgIpc) is 2.35. The number of aromatic hydroxyl groups is 1. The maximum absolute atomic E-state index is 9.72. The van der Waals surface area contributed by atoms with E-state index in [9.17, 15) is 5.11 Å². The zero-order chi connectivity index (χ0) is 12.1. The highest BCUT2D eigenvalue weighted by Crippen LogP contribution is 2.20. The van der Waals surface area contributed by atoms with Crippen molar-refractivity contribution >= 4 is 0 Å². The Morgan fingerprint density at radius 1 is 1.12 bits per heavy atom. The van der Waals surface area contributed by atoms with Crippen molar-refractivity contribution in [3.63, 3.8) is 0 Å². The molecule has 0 bridgehead atoms. The van der Waals surface area contributed by atoms with Crippen LogP contribution in [0, 0.1) is 6.92 Å². The van der Waals surface area contributed by atoms with Gasteiger partial charge in [0.05, 0.1) is 0 Å². The second kappa shape index (κ2) is 5.48. The van der Waals surface area contributed by atoms with Crippen molar-refractivity contribution in [2.45, 2.75) is 26.2 Å². The number of aromatic nitrogens is 1. The Bertz CT molecular complexity index is 480. The Labute approximate surface area is 102 Å². The summed E-state index contributed by atoms with van der Waals surface area (Å²) in [5, 5.41) is 9.72. The van der Waals surface area contributed by atoms with Gasteiger partial charge in [0.15, 0.2) is 0 Å². The van der Waals surface area contributed by atoms with E-state index in [2.05, 4.69) is 4.98 Å². The van der Waals surface area contributed by atoms with Crippen LogP contribution in [-0.4, -0.2) is 10.1 Å². The van der Waals surface area contributed by atoms with E-state index in [1.165, 1.54) is 5.56 Å². The van der Waals surface area contributed by atoms with E-state index in [1.807, 2.05) is 43.5 Å². The van der Waals surface area contributed by atoms with Crippen molar-refractivity contribution in [3.05, 3.63) is 59.4 Å². The summed E-state index contributed by atoms with van der Waals surface area (Å²) in [6.45, 7) is 2.04. The third-order valence-corrected chi connectivity index (χ3v) is 2.84. The van der Waals surface area contributed by atoms with Gasteiger partial charge in [-0.1, -0.05) is 23.8 Å². The van der Waals surface area contributed by atoms with Crippen LogP contribution in [0.3, 0.4) is 0 Å². The van der Waals surface area contributed by atoms with Crippen LogP contribution in [0.25, 0.3) is 0 Å². The molecule has 2 nitrogen and oxygen atoms in total. The Kier molecular flexibility index (Phi) is 3.76. The van der Waals surface area contributed by atoms with E-state index >= 15 is 0 Å². The van der Waals surface area contributed by atoms with Crippen LogP contribution in [0.1, 0.15) is 23.2 Å². The van der Waals surface area contributed by atoms with E-state index in [0.717, 1.165) is 30.5 Å². The molecule has 0 spiro atoms. The van der Waals surface area contributed by atoms with Gasteiger partial charge in [-0.3, -0.25) is 4.98 Å². The number of rotatable bonds is 4. The first-order chi connectivity index (χ1) is 8.25. The largest absolute Gasteiger partial charge is 0.508 e. The summed E-state index contributed by atoms with van der Waals surface area (Å²) >= 11 is 0. The molecule has 0 atom stereocenters. The Balaban J connectivity index is 1.92. The number of phenols is 1. The lowest BCUT2D eigenvalue weighted by atomic mass is 10.0. The fourth-order valence-corrected chi connectivity index (χ4v) is 1.92. The molecule has 0 radical (unpaired) electrons. The fourth-order valence-electron chi connectivity index (χ4n) is 1.92. The first kappa shape index (κ1) is 11.6. The number of aryl methyl sites for hydroxylation is 3. The van der Waals surface area contributed by atoms with Gasteiger partial charge < -0.3 is 5.11 Å². The number of hydrogen-bond acceptors (Lipinski definition) is 2. The van der Waals surface area contributed by atoms with Crippen LogP contribution in [0.2, 0.25) is 0 Å². The van der Waals surface area contributed by atoms with Gasteiger partial charge in [-0.25, -0.2) is 0 Å². The molecule has 1 aromatic carbocycles. The molecule has 0 saturated heterocycles. The quantitative estimate of drug-likeness (QED) is 0.869. The van der Waals surface area contributed by atoms with E-state index in [1.54, 1.807) is 6.07 Å². The van der Waals surface area contributed by atoms with Crippen molar-refractivity contribution in [1.29, 1.82) is 0 Å². The van der Waals surface area contributed by atoms with Gasteiger partial charge in [0.25, 0.3) is 0 Å². The van der Waals surface area contributed by atoms with Gasteiger partial charge in [-0.2, -0.15) is 0 Å². The molecule has 1 N–H and O–H groups in total. The molecule has 0 aliphatic rings. The first-order valence-electron chi connectivity index (χ1n) is 5.94.